The summed E-state index contributed by atoms with van der Waals surface area (Å²) in [6.45, 7) is 0. The van der Waals surface area contributed by atoms with Crippen molar-refractivity contribution in [2.24, 2.45) is 5.73 Å². The fraction of sp³-hybridized carbons (Fsp3) is 0. The van der Waals surface area contributed by atoms with Crippen LogP contribution in [0.3, 0.4) is 0 Å². The number of anilines is 1. The van der Waals surface area contributed by atoms with Gasteiger partial charge >= 0.3 is 0 Å². The number of pyridine rings is 1. The highest BCUT2D eigenvalue weighted by molar-refractivity contribution is 6.30. The Labute approximate surface area is 108 Å². The monoisotopic (exact) mass is 263 g/mol. The van der Waals surface area contributed by atoms with Crippen molar-refractivity contribution in [2.75, 3.05) is 5.73 Å². The lowest BCUT2D eigenvalue weighted by Gasteiger charge is -2.07. The van der Waals surface area contributed by atoms with E-state index in [-0.39, 0.29) is 17.1 Å². The molecular weight excluding hydrogens is 254 g/mol. The third-order valence-electron chi connectivity index (χ3n) is 2.19. The summed E-state index contributed by atoms with van der Waals surface area (Å²) in [6, 6.07) is 8.19. The van der Waals surface area contributed by atoms with Gasteiger partial charge in [-0.3, -0.25) is 4.79 Å². The normalized spacial score (nSPS) is 10.1. The van der Waals surface area contributed by atoms with Crippen molar-refractivity contribution in [3.05, 3.63) is 47.1 Å². The number of hydrogen-bond acceptors (Lipinski definition) is 4. The van der Waals surface area contributed by atoms with Crippen molar-refractivity contribution in [3.8, 4) is 11.6 Å². The van der Waals surface area contributed by atoms with Crippen LogP contribution in [0.25, 0.3) is 0 Å². The highest BCUT2D eigenvalue weighted by Gasteiger charge is 2.09. The highest BCUT2D eigenvalue weighted by Crippen LogP contribution is 2.24. The lowest BCUT2D eigenvalue weighted by atomic mass is 10.2. The Morgan fingerprint density at radius 2 is 2.11 bits per heavy atom. The molecule has 6 heteroatoms. The van der Waals surface area contributed by atoms with Gasteiger partial charge in [-0.2, -0.15) is 0 Å². The number of aromatic nitrogens is 1. The molecule has 1 aromatic heterocycles. The van der Waals surface area contributed by atoms with Crippen LogP contribution in [0.15, 0.2) is 36.5 Å². The Morgan fingerprint density at radius 1 is 1.33 bits per heavy atom. The van der Waals surface area contributed by atoms with E-state index in [1.165, 1.54) is 12.3 Å². The van der Waals surface area contributed by atoms with Crippen LogP contribution < -0.4 is 16.2 Å². The number of amides is 1. The summed E-state index contributed by atoms with van der Waals surface area (Å²) < 4.78 is 5.45. The number of nitrogen functional groups attached to an aromatic ring is 1. The van der Waals surface area contributed by atoms with Gasteiger partial charge in [0.05, 0.1) is 17.4 Å². The predicted octanol–water partition coefficient (Wildman–Crippen LogP) is 2.21. The number of ether oxygens (including phenoxy) is 1. The summed E-state index contributed by atoms with van der Waals surface area (Å²) in [5.41, 5.74) is 11.1. The molecule has 2 aromatic rings. The Bertz CT molecular complexity index is 602. The minimum atomic E-state index is -0.633. The van der Waals surface area contributed by atoms with Gasteiger partial charge in [-0.15, -0.1) is 0 Å². The molecule has 0 saturated heterocycles. The third kappa shape index (κ3) is 2.70. The molecule has 0 fully saturated rings. The van der Waals surface area contributed by atoms with Gasteiger partial charge in [0.1, 0.15) is 5.75 Å². The molecule has 1 amide bonds. The second-order valence-electron chi connectivity index (χ2n) is 3.53. The number of nitrogens with zero attached hydrogens (tertiary/aromatic N) is 1. The first kappa shape index (κ1) is 12.2. The first-order valence-electron chi connectivity index (χ1n) is 5.05. The first-order valence-corrected chi connectivity index (χ1v) is 5.43. The molecule has 0 saturated carbocycles. The van der Waals surface area contributed by atoms with Gasteiger partial charge in [0, 0.05) is 11.1 Å². The number of benzene rings is 1. The Balaban J connectivity index is 2.30. The molecule has 0 atom stereocenters. The second kappa shape index (κ2) is 4.93. The van der Waals surface area contributed by atoms with Crippen molar-refractivity contribution in [1.82, 2.24) is 4.98 Å². The maximum Gasteiger partial charge on any atom is 0.251 e. The molecule has 0 aliphatic heterocycles. The summed E-state index contributed by atoms with van der Waals surface area (Å²) in [7, 11) is 0. The van der Waals surface area contributed by atoms with E-state index in [1.807, 2.05) is 0 Å². The second-order valence-corrected chi connectivity index (χ2v) is 3.97. The van der Waals surface area contributed by atoms with E-state index in [1.54, 1.807) is 24.3 Å². The maximum absolute atomic E-state index is 11.1. The van der Waals surface area contributed by atoms with Crippen molar-refractivity contribution in [2.45, 2.75) is 0 Å². The van der Waals surface area contributed by atoms with Crippen LogP contribution in [-0.2, 0) is 0 Å². The van der Waals surface area contributed by atoms with Crippen LogP contribution in [0.2, 0.25) is 5.02 Å². The molecule has 0 aliphatic rings. The number of halogens is 1. The lowest BCUT2D eigenvalue weighted by molar-refractivity contribution is 0.100. The zero-order valence-corrected chi connectivity index (χ0v) is 10.0. The van der Waals surface area contributed by atoms with Gasteiger partial charge in [-0.25, -0.2) is 4.98 Å². The van der Waals surface area contributed by atoms with E-state index < -0.39 is 5.91 Å². The zero-order valence-electron chi connectivity index (χ0n) is 9.26. The van der Waals surface area contributed by atoms with E-state index >= 15 is 0 Å². The summed E-state index contributed by atoms with van der Waals surface area (Å²) in [5.74, 6) is 0.0984. The average molecular weight is 264 g/mol. The fourth-order valence-corrected chi connectivity index (χ4v) is 1.55. The summed E-state index contributed by atoms with van der Waals surface area (Å²) in [5, 5.41) is 0.540. The fourth-order valence-electron chi connectivity index (χ4n) is 1.37. The molecule has 0 bridgehead atoms. The van der Waals surface area contributed by atoms with Crippen LogP contribution >= 0.6 is 11.6 Å². The highest BCUT2D eigenvalue weighted by atomic mass is 35.5. The molecule has 0 unspecified atom stereocenters. The molecule has 0 spiro atoms. The molecule has 4 N–H and O–H groups in total. The van der Waals surface area contributed by atoms with Crippen LogP contribution in [0, 0.1) is 0 Å². The number of rotatable bonds is 3. The predicted molar refractivity (Wildman–Crippen MR) is 68.7 cm³/mol. The maximum atomic E-state index is 11.1. The molecule has 5 nitrogen and oxygen atoms in total. The molecule has 1 aromatic carbocycles. The van der Waals surface area contributed by atoms with E-state index in [4.69, 9.17) is 27.8 Å². The smallest absolute Gasteiger partial charge is 0.251 e. The van der Waals surface area contributed by atoms with Gasteiger partial charge in [-0.05, 0) is 18.2 Å². The molecule has 0 radical (unpaired) electrons. The van der Waals surface area contributed by atoms with Gasteiger partial charge in [0.15, 0.2) is 0 Å². The van der Waals surface area contributed by atoms with Crippen molar-refractivity contribution < 1.29 is 9.53 Å². The van der Waals surface area contributed by atoms with Crippen molar-refractivity contribution >= 4 is 23.2 Å². The van der Waals surface area contributed by atoms with E-state index in [2.05, 4.69) is 4.98 Å². The lowest BCUT2D eigenvalue weighted by Crippen LogP contribution is -2.13. The average Bonchev–Trinajstić information content (AvgIpc) is 2.31. The molecule has 2 rings (SSSR count). The third-order valence-corrected chi connectivity index (χ3v) is 2.43. The zero-order chi connectivity index (χ0) is 13.1. The summed E-state index contributed by atoms with van der Waals surface area (Å²) >= 11 is 5.82. The molecular formula is C12H10ClN3O2. The van der Waals surface area contributed by atoms with Crippen molar-refractivity contribution in [1.29, 1.82) is 0 Å². The Kier molecular flexibility index (Phi) is 3.34. The first-order chi connectivity index (χ1) is 8.56. The molecule has 1 heterocycles. The molecule has 92 valence electrons. The topological polar surface area (TPSA) is 91.2 Å². The van der Waals surface area contributed by atoms with Gasteiger partial charge in [0.25, 0.3) is 5.91 Å². The number of carbonyl (C=O) groups excluding carboxylic acids is 1. The van der Waals surface area contributed by atoms with Gasteiger partial charge in [0.2, 0.25) is 5.88 Å². The van der Waals surface area contributed by atoms with E-state index in [0.29, 0.717) is 10.8 Å². The largest absolute Gasteiger partial charge is 0.439 e. The van der Waals surface area contributed by atoms with Crippen LogP contribution in [0.4, 0.5) is 5.69 Å². The van der Waals surface area contributed by atoms with Crippen LogP contribution in [-0.4, -0.2) is 10.9 Å². The summed E-state index contributed by atoms with van der Waals surface area (Å²) in [6.07, 6.45) is 1.32. The number of hydrogen-bond donors (Lipinski definition) is 2. The molecule has 18 heavy (non-hydrogen) atoms. The molecule has 0 aliphatic carbocycles. The van der Waals surface area contributed by atoms with Crippen LogP contribution in [0.5, 0.6) is 11.6 Å². The number of primary amides is 1. The van der Waals surface area contributed by atoms with Crippen LogP contribution in [0.1, 0.15) is 10.4 Å². The summed E-state index contributed by atoms with van der Waals surface area (Å²) in [4.78, 5) is 15.1. The van der Waals surface area contributed by atoms with E-state index in [0.717, 1.165) is 0 Å². The quantitative estimate of drug-likeness (QED) is 0.888. The minimum Gasteiger partial charge on any atom is -0.439 e. The van der Waals surface area contributed by atoms with E-state index in [9.17, 15) is 4.79 Å². The van der Waals surface area contributed by atoms with Gasteiger partial charge < -0.3 is 16.2 Å². The standard InChI is InChI=1S/C12H10ClN3O2/c13-7-2-1-3-8(4-7)18-11-5-9(12(15)17)10(14)6-16-11/h1-6H,14H2,(H2,15,17). The minimum absolute atomic E-state index is 0.169. The SMILES string of the molecule is NC(=O)c1cc(Oc2cccc(Cl)c2)ncc1N. The van der Waals surface area contributed by atoms with Gasteiger partial charge in [-0.1, -0.05) is 17.7 Å². The Morgan fingerprint density at radius 3 is 2.78 bits per heavy atom. The van der Waals surface area contributed by atoms with Crippen molar-refractivity contribution in [3.63, 3.8) is 0 Å². The number of nitrogens with two attached hydrogens (primary N) is 2. The Hall–Kier alpha value is -2.27. The number of carbonyl (C=O) groups is 1.